The van der Waals surface area contributed by atoms with Crippen LogP contribution in [0.4, 0.5) is 4.79 Å². The van der Waals surface area contributed by atoms with Crippen molar-refractivity contribution in [1.29, 1.82) is 0 Å². The number of ether oxygens (including phenoxy) is 1. The summed E-state index contributed by atoms with van der Waals surface area (Å²) in [4.78, 5) is 47.2. The summed E-state index contributed by atoms with van der Waals surface area (Å²) in [6.07, 6.45) is 5.16. The predicted molar refractivity (Wildman–Crippen MR) is 72.0 cm³/mol. The Kier molecular flexibility index (Phi) is 4.59. The van der Waals surface area contributed by atoms with Crippen LogP contribution in [-0.2, 0) is 19.1 Å². The van der Waals surface area contributed by atoms with Crippen molar-refractivity contribution >= 4 is 23.8 Å². The first-order chi connectivity index (χ1) is 9.98. The number of urea groups is 1. The van der Waals surface area contributed by atoms with E-state index in [4.69, 9.17) is 4.74 Å². The Balaban J connectivity index is 2.24. The molecule has 0 aromatic heterocycles. The van der Waals surface area contributed by atoms with Gasteiger partial charge in [-0.25, -0.2) is 4.79 Å². The number of carbonyl (C=O) groups is 4. The van der Waals surface area contributed by atoms with E-state index in [1.807, 2.05) is 10.6 Å². The normalized spacial score (nSPS) is 22.4. The fourth-order valence-electron chi connectivity index (χ4n) is 2.93. The topological polar surface area (TPSA) is 102 Å². The van der Waals surface area contributed by atoms with Gasteiger partial charge in [0, 0.05) is 12.8 Å². The highest BCUT2D eigenvalue weighted by atomic mass is 16.6. The van der Waals surface area contributed by atoms with Gasteiger partial charge in [-0.2, -0.15) is 0 Å². The van der Waals surface area contributed by atoms with Crippen LogP contribution in [0.5, 0.6) is 0 Å². The van der Waals surface area contributed by atoms with E-state index in [0.29, 0.717) is 0 Å². The number of barbiturate groups is 1. The highest BCUT2D eigenvalue weighted by molar-refractivity contribution is 6.22. The molecule has 7 nitrogen and oxygen atoms in total. The average molecular weight is 296 g/mol. The molecule has 2 fully saturated rings. The van der Waals surface area contributed by atoms with E-state index in [9.17, 15) is 19.2 Å². The Morgan fingerprint density at radius 1 is 1.14 bits per heavy atom. The van der Waals surface area contributed by atoms with Gasteiger partial charge in [0.25, 0.3) is 17.4 Å². The molecule has 1 saturated carbocycles. The maximum absolute atomic E-state index is 12.2. The molecular formula is C14H20N2O5. The second-order valence-electron chi connectivity index (χ2n) is 5.60. The molecule has 0 bridgehead atoms. The standard InChI is InChI=1S/C14H20N2O5/c1-2-10(17)21-14(8-9-6-4-3-5-7-9)11(18)15-13(20)16-12(14)19/h9H,2-8H2,1H3,(H2,15,16,18,19,20). The summed E-state index contributed by atoms with van der Waals surface area (Å²) in [5.41, 5.74) is -1.91. The molecule has 2 rings (SSSR count). The second kappa shape index (κ2) is 6.24. The van der Waals surface area contributed by atoms with Crippen LogP contribution in [0.25, 0.3) is 0 Å². The van der Waals surface area contributed by atoms with E-state index >= 15 is 0 Å². The zero-order valence-corrected chi connectivity index (χ0v) is 12.1. The Hall–Kier alpha value is -1.92. The number of imide groups is 2. The lowest BCUT2D eigenvalue weighted by molar-refractivity contribution is -0.178. The molecular weight excluding hydrogens is 276 g/mol. The molecule has 0 aromatic carbocycles. The van der Waals surface area contributed by atoms with Gasteiger partial charge >= 0.3 is 12.0 Å². The molecule has 2 N–H and O–H groups in total. The Bertz CT molecular complexity index is 448. The van der Waals surface area contributed by atoms with Gasteiger partial charge in [-0.3, -0.25) is 25.0 Å². The van der Waals surface area contributed by atoms with Crippen LogP contribution in [0.2, 0.25) is 0 Å². The van der Waals surface area contributed by atoms with Gasteiger partial charge in [-0.15, -0.1) is 0 Å². The highest BCUT2D eigenvalue weighted by Crippen LogP contribution is 2.33. The van der Waals surface area contributed by atoms with Crippen LogP contribution in [0, 0.1) is 5.92 Å². The van der Waals surface area contributed by atoms with Gasteiger partial charge in [0.05, 0.1) is 0 Å². The molecule has 4 amide bonds. The second-order valence-corrected chi connectivity index (χ2v) is 5.60. The van der Waals surface area contributed by atoms with E-state index < -0.39 is 29.4 Å². The quantitative estimate of drug-likeness (QED) is 0.595. The van der Waals surface area contributed by atoms with Gasteiger partial charge in [0.2, 0.25) is 0 Å². The molecule has 0 aromatic rings. The average Bonchev–Trinajstić information content (AvgIpc) is 2.45. The molecule has 0 unspecified atom stereocenters. The van der Waals surface area contributed by atoms with Gasteiger partial charge in [0.15, 0.2) is 0 Å². The number of hydrogen-bond donors (Lipinski definition) is 2. The molecule has 1 saturated heterocycles. The number of nitrogens with one attached hydrogen (secondary N) is 2. The van der Waals surface area contributed by atoms with Crippen LogP contribution in [0.3, 0.4) is 0 Å². The Morgan fingerprint density at radius 3 is 2.24 bits per heavy atom. The summed E-state index contributed by atoms with van der Waals surface area (Å²) < 4.78 is 5.19. The first-order valence-electron chi connectivity index (χ1n) is 7.36. The van der Waals surface area contributed by atoms with Crippen molar-refractivity contribution in [2.75, 3.05) is 0 Å². The highest BCUT2D eigenvalue weighted by Gasteiger charge is 2.54. The van der Waals surface area contributed by atoms with Gasteiger partial charge < -0.3 is 4.74 Å². The third-order valence-electron chi connectivity index (χ3n) is 4.07. The maximum Gasteiger partial charge on any atom is 0.328 e. The Labute approximate surface area is 122 Å². The van der Waals surface area contributed by atoms with Gasteiger partial charge in [-0.05, 0) is 5.92 Å². The van der Waals surface area contributed by atoms with E-state index in [0.717, 1.165) is 32.1 Å². The SMILES string of the molecule is CCC(=O)OC1(CC2CCCCC2)C(=O)NC(=O)NC1=O. The van der Waals surface area contributed by atoms with Crippen molar-refractivity contribution in [1.82, 2.24) is 10.6 Å². The minimum absolute atomic E-state index is 0.0565. The van der Waals surface area contributed by atoms with Crippen molar-refractivity contribution in [3.63, 3.8) is 0 Å². The summed E-state index contributed by atoms with van der Waals surface area (Å²) in [7, 11) is 0. The minimum Gasteiger partial charge on any atom is -0.439 e. The summed E-state index contributed by atoms with van der Waals surface area (Å²) >= 11 is 0. The van der Waals surface area contributed by atoms with Gasteiger partial charge in [-0.1, -0.05) is 39.0 Å². The summed E-state index contributed by atoms with van der Waals surface area (Å²) in [6, 6.07) is -0.878. The summed E-state index contributed by atoms with van der Waals surface area (Å²) in [6.45, 7) is 1.58. The molecule has 1 aliphatic carbocycles. The number of esters is 1. The van der Waals surface area contributed by atoms with Gasteiger partial charge in [0.1, 0.15) is 0 Å². The maximum atomic E-state index is 12.2. The molecule has 116 valence electrons. The lowest BCUT2D eigenvalue weighted by atomic mass is 9.79. The van der Waals surface area contributed by atoms with Crippen molar-refractivity contribution in [3.8, 4) is 0 Å². The lowest BCUT2D eigenvalue weighted by Gasteiger charge is -2.36. The van der Waals surface area contributed by atoms with E-state index in [-0.39, 0.29) is 18.8 Å². The van der Waals surface area contributed by atoms with Crippen molar-refractivity contribution < 1.29 is 23.9 Å². The zero-order chi connectivity index (χ0) is 15.5. The van der Waals surface area contributed by atoms with E-state index in [2.05, 4.69) is 0 Å². The number of amides is 4. The van der Waals surface area contributed by atoms with Crippen molar-refractivity contribution in [2.45, 2.75) is 57.5 Å². The largest absolute Gasteiger partial charge is 0.439 e. The minimum atomic E-state index is -1.91. The fourth-order valence-corrected chi connectivity index (χ4v) is 2.93. The summed E-state index contributed by atoms with van der Waals surface area (Å²) in [5, 5.41) is 4.07. The molecule has 7 heteroatoms. The zero-order valence-electron chi connectivity index (χ0n) is 12.1. The first-order valence-corrected chi connectivity index (χ1v) is 7.36. The first kappa shape index (κ1) is 15.5. The molecule has 1 aliphatic heterocycles. The van der Waals surface area contributed by atoms with Crippen LogP contribution >= 0.6 is 0 Å². The fraction of sp³-hybridized carbons (Fsp3) is 0.714. The monoisotopic (exact) mass is 296 g/mol. The molecule has 2 aliphatic rings. The number of hydrogen-bond acceptors (Lipinski definition) is 5. The third-order valence-corrected chi connectivity index (χ3v) is 4.07. The molecule has 1 heterocycles. The van der Waals surface area contributed by atoms with Crippen LogP contribution < -0.4 is 10.6 Å². The third kappa shape index (κ3) is 3.22. The molecule has 0 radical (unpaired) electrons. The molecule has 21 heavy (non-hydrogen) atoms. The summed E-state index contributed by atoms with van der Waals surface area (Å²) in [5.74, 6) is -2.19. The van der Waals surface area contributed by atoms with Crippen molar-refractivity contribution in [3.05, 3.63) is 0 Å². The van der Waals surface area contributed by atoms with Crippen LogP contribution in [0.1, 0.15) is 51.9 Å². The van der Waals surface area contributed by atoms with Crippen LogP contribution in [0.15, 0.2) is 0 Å². The molecule has 0 atom stereocenters. The van der Waals surface area contributed by atoms with E-state index in [1.165, 1.54) is 0 Å². The predicted octanol–water partition coefficient (Wildman–Crippen LogP) is 1.01. The smallest absolute Gasteiger partial charge is 0.328 e. The van der Waals surface area contributed by atoms with E-state index in [1.54, 1.807) is 6.92 Å². The van der Waals surface area contributed by atoms with Crippen molar-refractivity contribution in [2.24, 2.45) is 5.92 Å². The Morgan fingerprint density at radius 2 is 1.71 bits per heavy atom. The number of carbonyl (C=O) groups excluding carboxylic acids is 4. The molecule has 0 spiro atoms. The lowest BCUT2D eigenvalue weighted by Crippen LogP contribution is -2.68. The number of rotatable bonds is 4. The van der Waals surface area contributed by atoms with Crippen LogP contribution in [-0.4, -0.2) is 29.4 Å².